The number of esters is 1. The van der Waals surface area contributed by atoms with Crippen LogP contribution in [0.5, 0.6) is 0 Å². The van der Waals surface area contributed by atoms with Crippen molar-refractivity contribution in [3.63, 3.8) is 0 Å². The maximum Gasteiger partial charge on any atom is 0.339 e. The van der Waals surface area contributed by atoms with Gasteiger partial charge in [0, 0.05) is 5.56 Å². The molecule has 1 aromatic rings. The molecule has 0 radical (unpaired) electrons. The minimum atomic E-state index is -2.56. The Labute approximate surface area is 85.3 Å². The van der Waals surface area contributed by atoms with Crippen LogP contribution in [-0.2, 0) is 9.53 Å². The number of ether oxygens (including phenoxy) is 1. The van der Waals surface area contributed by atoms with Gasteiger partial charge < -0.3 is 9.84 Å². The van der Waals surface area contributed by atoms with Crippen molar-refractivity contribution in [3.05, 3.63) is 35.4 Å². The zero-order valence-electron chi connectivity index (χ0n) is 7.98. The van der Waals surface area contributed by atoms with Crippen LogP contribution in [0, 0.1) is 0 Å². The minimum Gasteiger partial charge on any atom is -0.467 e. The lowest BCUT2D eigenvalue weighted by molar-refractivity contribution is -0.150. The van der Waals surface area contributed by atoms with Crippen LogP contribution in [0.25, 0.3) is 0 Å². The monoisotopic (exact) mass is 216 g/mol. The molecule has 0 amide bonds. The minimum absolute atomic E-state index is 0.157. The Hall–Kier alpha value is -1.49. The van der Waals surface area contributed by atoms with Crippen molar-refractivity contribution in [2.45, 2.75) is 12.5 Å². The number of alkyl halides is 2. The van der Waals surface area contributed by atoms with Gasteiger partial charge in [0.1, 0.15) is 0 Å². The molecule has 0 saturated carbocycles. The quantitative estimate of drug-likeness (QED) is 0.784. The number of carbonyl (C=O) groups is 1. The second-order valence-corrected chi connectivity index (χ2v) is 2.89. The largest absolute Gasteiger partial charge is 0.467 e. The smallest absolute Gasteiger partial charge is 0.339 e. The van der Waals surface area contributed by atoms with Crippen molar-refractivity contribution in [2.75, 3.05) is 7.11 Å². The van der Waals surface area contributed by atoms with Crippen LogP contribution in [0.4, 0.5) is 8.78 Å². The van der Waals surface area contributed by atoms with E-state index in [1.807, 2.05) is 0 Å². The Kier molecular flexibility index (Phi) is 3.74. The average Bonchev–Trinajstić information content (AvgIpc) is 2.27. The first-order valence-electron chi connectivity index (χ1n) is 4.20. The zero-order chi connectivity index (χ0) is 11.4. The number of carbonyl (C=O) groups excluding carboxylic acids is 1. The van der Waals surface area contributed by atoms with Crippen LogP contribution in [0.1, 0.15) is 23.7 Å². The molecule has 1 N–H and O–H groups in total. The number of halogens is 2. The topological polar surface area (TPSA) is 46.5 Å². The van der Waals surface area contributed by atoms with Crippen molar-refractivity contribution in [2.24, 2.45) is 0 Å². The molecule has 0 heterocycles. The Morgan fingerprint density at radius 1 is 1.27 bits per heavy atom. The Morgan fingerprint density at radius 3 is 2.13 bits per heavy atom. The van der Waals surface area contributed by atoms with Gasteiger partial charge in [0.05, 0.1) is 7.11 Å². The molecule has 5 heteroatoms. The van der Waals surface area contributed by atoms with Gasteiger partial charge in [-0.25, -0.2) is 13.6 Å². The fourth-order valence-corrected chi connectivity index (χ4v) is 1.07. The van der Waals surface area contributed by atoms with E-state index in [1.165, 1.54) is 12.1 Å². The predicted molar refractivity (Wildman–Crippen MR) is 48.4 cm³/mol. The summed E-state index contributed by atoms with van der Waals surface area (Å²) in [6, 6.07) is 4.85. The van der Waals surface area contributed by atoms with Gasteiger partial charge in [0.25, 0.3) is 6.43 Å². The molecule has 0 aliphatic carbocycles. The number of aliphatic hydroxyl groups is 1. The summed E-state index contributed by atoms with van der Waals surface area (Å²) in [5, 5.41) is 9.36. The van der Waals surface area contributed by atoms with Crippen LogP contribution >= 0.6 is 0 Å². The first-order valence-corrected chi connectivity index (χ1v) is 4.20. The van der Waals surface area contributed by atoms with Crippen molar-refractivity contribution in [1.82, 2.24) is 0 Å². The van der Waals surface area contributed by atoms with Crippen molar-refractivity contribution in [3.8, 4) is 0 Å². The third-order valence-electron chi connectivity index (χ3n) is 1.93. The molecular weight excluding hydrogens is 206 g/mol. The number of rotatable bonds is 3. The molecule has 1 unspecified atom stereocenters. The van der Waals surface area contributed by atoms with E-state index in [4.69, 9.17) is 0 Å². The van der Waals surface area contributed by atoms with E-state index in [0.29, 0.717) is 0 Å². The molecule has 0 aliphatic heterocycles. The highest BCUT2D eigenvalue weighted by Crippen LogP contribution is 2.21. The van der Waals surface area contributed by atoms with Gasteiger partial charge in [-0.3, -0.25) is 0 Å². The van der Waals surface area contributed by atoms with Gasteiger partial charge in [-0.2, -0.15) is 0 Å². The number of aliphatic hydroxyl groups excluding tert-OH is 1. The normalized spacial score (nSPS) is 12.6. The first-order chi connectivity index (χ1) is 7.06. The van der Waals surface area contributed by atoms with Crippen LogP contribution in [-0.4, -0.2) is 18.2 Å². The fourth-order valence-electron chi connectivity index (χ4n) is 1.07. The molecule has 0 saturated heterocycles. The second kappa shape index (κ2) is 4.84. The molecule has 0 aromatic heterocycles. The number of methoxy groups -OCH3 is 1. The summed E-state index contributed by atoms with van der Waals surface area (Å²) in [6.45, 7) is 0. The molecule has 0 bridgehead atoms. The number of hydrogen-bond acceptors (Lipinski definition) is 3. The van der Waals surface area contributed by atoms with Gasteiger partial charge in [0.2, 0.25) is 0 Å². The lowest BCUT2D eigenvalue weighted by Crippen LogP contribution is -2.13. The van der Waals surface area contributed by atoms with Gasteiger partial charge in [-0.05, 0) is 5.56 Å². The average molecular weight is 216 g/mol. The van der Waals surface area contributed by atoms with Crippen LogP contribution < -0.4 is 0 Å². The Balaban J connectivity index is 2.84. The van der Waals surface area contributed by atoms with E-state index in [0.717, 1.165) is 19.2 Å². The molecule has 82 valence electrons. The predicted octanol–water partition coefficient (Wildman–Crippen LogP) is 1.83. The molecule has 0 spiro atoms. The zero-order valence-corrected chi connectivity index (χ0v) is 7.98. The summed E-state index contributed by atoms with van der Waals surface area (Å²) < 4.78 is 28.6. The lowest BCUT2D eigenvalue weighted by Gasteiger charge is -2.08. The fraction of sp³-hybridized carbons (Fsp3) is 0.300. The SMILES string of the molecule is COC(=O)C(O)c1ccc(C(F)F)cc1. The van der Waals surface area contributed by atoms with Gasteiger partial charge in [-0.1, -0.05) is 24.3 Å². The Morgan fingerprint density at radius 2 is 1.73 bits per heavy atom. The van der Waals surface area contributed by atoms with Crippen molar-refractivity contribution in [1.29, 1.82) is 0 Å². The number of benzene rings is 1. The van der Waals surface area contributed by atoms with Crippen molar-refractivity contribution >= 4 is 5.97 Å². The van der Waals surface area contributed by atoms with E-state index < -0.39 is 18.5 Å². The van der Waals surface area contributed by atoms with E-state index in [1.54, 1.807) is 0 Å². The van der Waals surface area contributed by atoms with Crippen molar-refractivity contribution < 1.29 is 23.4 Å². The summed E-state index contributed by atoms with van der Waals surface area (Å²) in [5.41, 5.74) is 0.0714. The van der Waals surface area contributed by atoms with Gasteiger partial charge in [-0.15, -0.1) is 0 Å². The number of hydrogen-bond donors (Lipinski definition) is 1. The van der Waals surface area contributed by atoms with E-state index in [9.17, 15) is 18.7 Å². The third-order valence-corrected chi connectivity index (χ3v) is 1.93. The molecular formula is C10H10F2O3. The van der Waals surface area contributed by atoms with Gasteiger partial charge in [0.15, 0.2) is 6.10 Å². The summed E-state index contributed by atoms with van der Waals surface area (Å²) >= 11 is 0. The molecule has 1 rings (SSSR count). The summed E-state index contributed by atoms with van der Waals surface area (Å²) in [6.07, 6.45) is -3.99. The highest BCUT2D eigenvalue weighted by molar-refractivity contribution is 5.76. The summed E-state index contributed by atoms with van der Waals surface area (Å²) in [5.74, 6) is -0.820. The van der Waals surface area contributed by atoms with Gasteiger partial charge >= 0.3 is 5.97 Å². The van der Waals surface area contributed by atoms with E-state index in [-0.39, 0.29) is 11.1 Å². The molecule has 1 atom stereocenters. The summed E-state index contributed by atoms with van der Waals surface area (Å²) in [4.78, 5) is 10.9. The molecule has 3 nitrogen and oxygen atoms in total. The maximum atomic E-state index is 12.2. The third kappa shape index (κ3) is 2.73. The standard InChI is InChI=1S/C10H10F2O3/c1-15-10(14)8(13)6-2-4-7(5-3-6)9(11)12/h2-5,8-9,13H,1H3. The second-order valence-electron chi connectivity index (χ2n) is 2.89. The maximum absolute atomic E-state index is 12.2. The molecule has 15 heavy (non-hydrogen) atoms. The van der Waals surface area contributed by atoms with Crippen LogP contribution in [0.2, 0.25) is 0 Å². The molecule has 0 aliphatic rings. The Bertz CT molecular complexity index is 335. The van der Waals surface area contributed by atoms with E-state index >= 15 is 0 Å². The highest BCUT2D eigenvalue weighted by atomic mass is 19.3. The lowest BCUT2D eigenvalue weighted by atomic mass is 10.1. The first kappa shape index (κ1) is 11.6. The van der Waals surface area contributed by atoms with E-state index in [2.05, 4.69) is 4.74 Å². The summed E-state index contributed by atoms with van der Waals surface area (Å²) in [7, 11) is 1.14. The highest BCUT2D eigenvalue weighted by Gasteiger charge is 2.18. The van der Waals surface area contributed by atoms with Crippen LogP contribution in [0.3, 0.4) is 0 Å². The molecule has 0 fully saturated rings. The molecule has 1 aromatic carbocycles. The van der Waals surface area contributed by atoms with Crippen LogP contribution in [0.15, 0.2) is 24.3 Å².